The number of carbonyl (C=O) groups excluding carboxylic acids is 2. The summed E-state index contributed by atoms with van der Waals surface area (Å²) in [6.07, 6.45) is 3.50. The van der Waals surface area contributed by atoms with Gasteiger partial charge in [-0.05, 0) is 37.7 Å². The zero-order valence-corrected chi connectivity index (χ0v) is 16.8. The third kappa shape index (κ3) is 3.76. The second kappa shape index (κ2) is 8.55. The van der Waals surface area contributed by atoms with Crippen molar-refractivity contribution in [1.29, 1.82) is 0 Å². The molecule has 29 heavy (non-hydrogen) atoms. The Kier molecular flexibility index (Phi) is 5.87. The second-order valence-corrected chi connectivity index (χ2v) is 7.92. The molecule has 7 nitrogen and oxygen atoms in total. The van der Waals surface area contributed by atoms with E-state index in [1.165, 1.54) is 4.90 Å². The highest BCUT2D eigenvalue weighted by atomic mass is 16.5. The predicted octanol–water partition coefficient (Wildman–Crippen LogP) is 1.66. The first-order valence-electron chi connectivity index (χ1n) is 10.3. The zero-order chi connectivity index (χ0) is 20.4. The molecule has 1 aromatic rings. The molecule has 0 aliphatic carbocycles. The molecule has 1 N–H and O–H groups in total. The van der Waals surface area contributed by atoms with Gasteiger partial charge in [0.05, 0.1) is 25.3 Å². The molecule has 0 bridgehead atoms. The van der Waals surface area contributed by atoms with E-state index < -0.39 is 0 Å². The van der Waals surface area contributed by atoms with Crippen LogP contribution in [-0.2, 0) is 14.3 Å². The van der Waals surface area contributed by atoms with Crippen LogP contribution in [0.3, 0.4) is 0 Å². The highest BCUT2D eigenvalue weighted by molar-refractivity contribution is 6.36. The van der Waals surface area contributed by atoms with Crippen LogP contribution in [-0.4, -0.2) is 72.8 Å². The van der Waals surface area contributed by atoms with E-state index in [-0.39, 0.29) is 37.0 Å². The van der Waals surface area contributed by atoms with Gasteiger partial charge in [0.25, 0.3) is 11.8 Å². The summed E-state index contributed by atoms with van der Waals surface area (Å²) in [5.74, 6) is 0.0993. The molecule has 3 heterocycles. The average molecular weight is 400 g/mol. The molecule has 0 aromatic heterocycles. The van der Waals surface area contributed by atoms with Gasteiger partial charge in [-0.3, -0.25) is 14.5 Å². The number of likely N-dealkylation sites (tertiary alicyclic amines) is 1. The normalized spacial score (nSPS) is 25.3. The van der Waals surface area contributed by atoms with Gasteiger partial charge in [0.15, 0.2) is 0 Å². The lowest BCUT2D eigenvalue weighted by atomic mass is 9.96. The van der Waals surface area contributed by atoms with Gasteiger partial charge >= 0.3 is 0 Å². The molecule has 0 spiro atoms. The van der Waals surface area contributed by atoms with Crippen molar-refractivity contribution >= 4 is 17.4 Å². The van der Waals surface area contributed by atoms with Crippen molar-refractivity contribution in [1.82, 2.24) is 9.80 Å². The maximum absolute atomic E-state index is 13.4. The predicted molar refractivity (Wildman–Crippen MR) is 107 cm³/mol. The molecule has 1 aromatic carbocycles. The number of aliphatic hydroxyl groups is 1. The Morgan fingerprint density at radius 1 is 1.17 bits per heavy atom. The van der Waals surface area contributed by atoms with E-state index in [9.17, 15) is 14.7 Å². The van der Waals surface area contributed by atoms with Gasteiger partial charge in [-0.1, -0.05) is 18.2 Å². The fourth-order valence-corrected chi connectivity index (χ4v) is 4.53. The number of aliphatic hydroxyl groups excluding tert-OH is 1. The third-order valence-corrected chi connectivity index (χ3v) is 6.02. The van der Waals surface area contributed by atoms with E-state index in [1.807, 2.05) is 23.1 Å². The number of ether oxygens (including phenoxy) is 2. The minimum Gasteiger partial charge on any atom is -0.496 e. The highest BCUT2D eigenvalue weighted by Crippen LogP contribution is 2.38. The first kappa shape index (κ1) is 19.9. The molecule has 2 amide bonds. The zero-order valence-electron chi connectivity index (χ0n) is 16.8. The molecule has 3 aliphatic rings. The largest absolute Gasteiger partial charge is 0.496 e. The van der Waals surface area contributed by atoms with Crippen LogP contribution in [0.2, 0.25) is 0 Å². The number of methoxy groups -OCH3 is 1. The Balaban J connectivity index is 1.74. The molecule has 2 atom stereocenters. The van der Waals surface area contributed by atoms with Gasteiger partial charge in [0.2, 0.25) is 0 Å². The van der Waals surface area contributed by atoms with Crippen LogP contribution in [0, 0.1) is 5.92 Å². The fraction of sp³-hybridized carbons (Fsp3) is 0.545. The topological polar surface area (TPSA) is 79.3 Å². The number of rotatable bonds is 6. The van der Waals surface area contributed by atoms with Crippen molar-refractivity contribution in [3.05, 3.63) is 35.5 Å². The smallest absolute Gasteiger partial charge is 0.277 e. The molecule has 2 fully saturated rings. The fourth-order valence-electron chi connectivity index (χ4n) is 4.53. The average Bonchev–Trinajstić information content (AvgIpc) is 3.36. The molecule has 156 valence electrons. The summed E-state index contributed by atoms with van der Waals surface area (Å²) >= 11 is 0. The number of hydrogen-bond acceptors (Lipinski definition) is 6. The molecule has 7 heteroatoms. The number of benzene rings is 1. The van der Waals surface area contributed by atoms with Gasteiger partial charge in [-0.25, -0.2) is 0 Å². The SMILES string of the molecule is COc1ccccc1C1=C(N2CCCC(CO)C2)C(=O)N(CC2CCCO2)C1=O. The summed E-state index contributed by atoms with van der Waals surface area (Å²) in [6.45, 7) is 2.28. The third-order valence-electron chi connectivity index (χ3n) is 6.02. The van der Waals surface area contributed by atoms with Crippen LogP contribution in [0.4, 0.5) is 0 Å². The number of carbonyl (C=O) groups is 2. The standard InChI is InChI=1S/C22H28N2O5/c1-28-18-9-3-2-8-17(18)19-20(23-10-4-6-15(12-23)14-25)22(27)24(21(19)26)13-16-7-5-11-29-16/h2-3,8-9,15-16,25H,4-7,10-14H2,1H3. The molecule has 3 aliphatic heterocycles. The van der Waals surface area contributed by atoms with Gasteiger partial charge in [0.1, 0.15) is 11.4 Å². The van der Waals surface area contributed by atoms with Crippen LogP contribution in [0.15, 0.2) is 30.0 Å². The van der Waals surface area contributed by atoms with Crippen LogP contribution in [0.5, 0.6) is 5.75 Å². The first-order valence-corrected chi connectivity index (χ1v) is 10.3. The van der Waals surface area contributed by atoms with Crippen LogP contribution in [0.1, 0.15) is 31.2 Å². The van der Waals surface area contributed by atoms with Crippen molar-refractivity contribution in [2.75, 3.05) is 40.0 Å². The maximum Gasteiger partial charge on any atom is 0.277 e. The molecule has 2 saturated heterocycles. The minimum absolute atomic E-state index is 0.0789. The lowest BCUT2D eigenvalue weighted by Crippen LogP contribution is -2.42. The van der Waals surface area contributed by atoms with Crippen molar-refractivity contribution in [3.8, 4) is 5.75 Å². The molecule has 0 radical (unpaired) electrons. The summed E-state index contributed by atoms with van der Waals surface area (Å²) < 4.78 is 11.2. The van der Waals surface area contributed by atoms with Crippen LogP contribution in [0.25, 0.3) is 5.57 Å². The van der Waals surface area contributed by atoms with Crippen molar-refractivity contribution in [2.45, 2.75) is 31.8 Å². The number of imide groups is 1. The molecular weight excluding hydrogens is 372 g/mol. The van der Waals surface area contributed by atoms with Gasteiger partial charge < -0.3 is 19.5 Å². The minimum atomic E-state index is -0.295. The molecule has 0 saturated carbocycles. The van der Waals surface area contributed by atoms with E-state index >= 15 is 0 Å². The Labute approximate surface area is 170 Å². The van der Waals surface area contributed by atoms with Crippen LogP contribution >= 0.6 is 0 Å². The Morgan fingerprint density at radius 3 is 2.72 bits per heavy atom. The highest BCUT2D eigenvalue weighted by Gasteiger charge is 2.44. The quantitative estimate of drug-likeness (QED) is 0.732. The van der Waals surface area contributed by atoms with Gasteiger partial charge in [-0.15, -0.1) is 0 Å². The van der Waals surface area contributed by atoms with E-state index in [2.05, 4.69) is 0 Å². The second-order valence-electron chi connectivity index (χ2n) is 7.92. The molecule has 4 rings (SSSR count). The van der Waals surface area contributed by atoms with Gasteiger partial charge in [0, 0.05) is 31.9 Å². The summed E-state index contributed by atoms with van der Waals surface area (Å²) in [5, 5.41) is 9.63. The van der Waals surface area contributed by atoms with E-state index in [0.29, 0.717) is 42.3 Å². The number of amides is 2. The molecule has 2 unspecified atom stereocenters. The number of nitrogens with zero attached hydrogens (tertiary/aromatic N) is 2. The van der Waals surface area contributed by atoms with Gasteiger partial charge in [-0.2, -0.15) is 0 Å². The lowest BCUT2D eigenvalue weighted by Gasteiger charge is -2.34. The van der Waals surface area contributed by atoms with E-state index in [0.717, 1.165) is 25.7 Å². The summed E-state index contributed by atoms with van der Waals surface area (Å²) in [5.41, 5.74) is 1.45. The van der Waals surface area contributed by atoms with Crippen molar-refractivity contribution < 1.29 is 24.2 Å². The monoisotopic (exact) mass is 400 g/mol. The maximum atomic E-state index is 13.4. The first-order chi connectivity index (χ1) is 14.1. The summed E-state index contributed by atoms with van der Waals surface area (Å²) in [6, 6.07) is 7.31. The Morgan fingerprint density at radius 2 is 2.00 bits per heavy atom. The Hall–Kier alpha value is -2.38. The van der Waals surface area contributed by atoms with E-state index in [4.69, 9.17) is 9.47 Å². The van der Waals surface area contributed by atoms with E-state index in [1.54, 1.807) is 13.2 Å². The van der Waals surface area contributed by atoms with Crippen molar-refractivity contribution in [3.63, 3.8) is 0 Å². The van der Waals surface area contributed by atoms with Crippen LogP contribution < -0.4 is 4.74 Å². The number of hydrogen-bond donors (Lipinski definition) is 1. The molecular formula is C22H28N2O5. The van der Waals surface area contributed by atoms with Crippen molar-refractivity contribution in [2.24, 2.45) is 5.92 Å². The Bertz CT molecular complexity index is 815. The summed E-state index contributed by atoms with van der Waals surface area (Å²) in [4.78, 5) is 30.2. The summed E-state index contributed by atoms with van der Waals surface area (Å²) in [7, 11) is 1.56. The number of piperidine rings is 1. The number of para-hydroxylation sites is 1. The lowest BCUT2D eigenvalue weighted by molar-refractivity contribution is -0.139.